The number of hydrogen-bond donors (Lipinski definition) is 1. The van der Waals surface area contributed by atoms with Crippen molar-refractivity contribution in [2.24, 2.45) is 0 Å². The summed E-state index contributed by atoms with van der Waals surface area (Å²) in [5.41, 5.74) is 3.34. The maximum Gasteiger partial charge on any atom is 0.410 e. The van der Waals surface area contributed by atoms with Gasteiger partial charge in [-0.05, 0) is 37.5 Å². The van der Waals surface area contributed by atoms with Crippen molar-refractivity contribution < 1.29 is 9.53 Å². The zero-order chi connectivity index (χ0) is 15.5. The molecule has 0 spiro atoms. The lowest BCUT2D eigenvalue weighted by Gasteiger charge is -2.27. The molecule has 0 saturated carbocycles. The van der Waals surface area contributed by atoms with Crippen LogP contribution in [-0.4, -0.2) is 40.2 Å². The highest BCUT2D eigenvalue weighted by molar-refractivity contribution is 5.91. The lowest BCUT2D eigenvalue weighted by Crippen LogP contribution is -2.36. The molecule has 3 rings (SSSR count). The predicted octanol–water partition coefficient (Wildman–Crippen LogP) is 3.59. The first kappa shape index (κ1) is 14.6. The smallest absolute Gasteiger partial charge is 0.410 e. The number of nitrogens with one attached hydrogen (secondary N) is 1. The van der Waals surface area contributed by atoms with Crippen LogP contribution in [0.3, 0.4) is 0 Å². The van der Waals surface area contributed by atoms with E-state index in [1.807, 2.05) is 26.1 Å². The number of nitrogens with zero attached hydrogens (tertiary/aromatic N) is 2. The Bertz CT molecular complexity index is 705. The number of hydrogen-bond acceptors (Lipinski definition) is 3. The van der Waals surface area contributed by atoms with Crippen LogP contribution >= 0.6 is 0 Å². The van der Waals surface area contributed by atoms with Gasteiger partial charge in [0.05, 0.1) is 0 Å². The molecule has 22 heavy (non-hydrogen) atoms. The van der Waals surface area contributed by atoms with E-state index >= 15 is 0 Å². The van der Waals surface area contributed by atoms with Crippen molar-refractivity contribution in [2.75, 3.05) is 13.1 Å². The second-order valence-electron chi connectivity index (χ2n) is 5.63. The second kappa shape index (κ2) is 6.22. The second-order valence-corrected chi connectivity index (χ2v) is 5.63. The SMILES string of the molecule is CCC(C)OC(=O)N1CC=C(c2c[nH]c3ncccc23)CC1. The molecule has 0 bridgehead atoms. The lowest BCUT2D eigenvalue weighted by molar-refractivity contribution is 0.0713. The quantitative estimate of drug-likeness (QED) is 0.942. The van der Waals surface area contributed by atoms with Gasteiger partial charge in [-0.1, -0.05) is 13.0 Å². The zero-order valence-corrected chi connectivity index (χ0v) is 13.0. The van der Waals surface area contributed by atoms with Crippen LogP contribution in [0.25, 0.3) is 16.6 Å². The van der Waals surface area contributed by atoms with E-state index in [0.29, 0.717) is 13.1 Å². The number of rotatable bonds is 3. The number of H-pyrrole nitrogens is 1. The van der Waals surface area contributed by atoms with Crippen LogP contribution in [0, 0.1) is 0 Å². The molecule has 2 aromatic heterocycles. The molecular weight excluding hydrogens is 278 g/mol. The predicted molar refractivity (Wildman–Crippen MR) is 86.5 cm³/mol. The van der Waals surface area contributed by atoms with Crippen molar-refractivity contribution in [3.63, 3.8) is 0 Å². The summed E-state index contributed by atoms with van der Waals surface area (Å²) in [4.78, 5) is 21.3. The van der Waals surface area contributed by atoms with E-state index in [1.165, 1.54) is 11.1 Å². The Labute approximate surface area is 130 Å². The highest BCUT2D eigenvalue weighted by atomic mass is 16.6. The molecule has 0 aliphatic carbocycles. The third kappa shape index (κ3) is 2.84. The Kier molecular flexibility index (Phi) is 4.13. The Balaban J connectivity index is 1.72. The number of carbonyl (C=O) groups is 1. The van der Waals surface area contributed by atoms with E-state index in [0.717, 1.165) is 23.9 Å². The topological polar surface area (TPSA) is 58.2 Å². The van der Waals surface area contributed by atoms with Crippen molar-refractivity contribution in [1.29, 1.82) is 0 Å². The van der Waals surface area contributed by atoms with Gasteiger partial charge in [0.2, 0.25) is 0 Å². The molecule has 0 fully saturated rings. The van der Waals surface area contributed by atoms with Crippen LogP contribution in [0.4, 0.5) is 4.79 Å². The van der Waals surface area contributed by atoms with Gasteiger partial charge in [-0.15, -0.1) is 0 Å². The molecule has 2 aromatic rings. The Hall–Kier alpha value is -2.30. The van der Waals surface area contributed by atoms with Gasteiger partial charge in [0.25, 0.3) is 0 Å². The first-order valence-corrected chi connectivity index (χ1v) is 7.76. The monoisotopic (exact) mass is 299 g/mol. The molecule has 1 aliphatic rings. The van der Waals surface area contributed by atoms with E-state index in [4.69, 9.17) is 4.74 Å². The molecule has 0 radical (unpaired) electrons. The van der Waals surface area contributed by atoms with Crippen LogP contribution in [0.1, 0.15) is 32.3 Å². The van der Waals surface area contributed by atoms with Crippen LogP contribution < -0.4 is 0 Å². The summed E-state index contributed by atoms with van der Waals surface area (Å²) >= 11 is 0. The van der Waals surface area contributed by atoms with E-state index < -0.39 is 0 Å². The molecule has 1 atom stereocenters. The van der Waals surface area contributed by atoms with E-state index in [2.05, 4.69) is 22.1 Å². The summed E-state index contributed by atoms with van der Waals surface area (Å²) in [6.07, 6.45) is 7.31. The van der Waals surface area contributed by atoms with Crippen molar-refractivity contribution >= 4 is 22.7 Å². The minimum atomic E-state index is -0.217. The van der Waals surface area contributed by atoms with Crippen molar-refractivity contribution in [3.8, 4) is 0 Å². The summed E-state index contributed by atoms with van der Waals surface area (Å²) in [6.45, 7) is 5.21. The van der Waals surface area contributed by atoms with Gasteiger partial charge in [0, 0.05) is 36.4 Å². The minimum absolute atomic E-state index is 0.0300. The first-order chi connectivity index (χ1) is 10.7. The number of amides is 1. The normalized spacial score (nSPS) is 16.5. The summed E-state index contributed by atoms with van der Waals surface area (Å²) in [6, 6.07) is 4.01. The zero-order valence-electron chi connectivity index (χ0n) is 13.0. The van der Waals surface area contributed by atoms with Gasteiger partial charge in [-0.3, -0.25) is 0 Å². The average Bonchev–Trinajstić information content (AvgIpc) is 2.99. The largest absolute Gasteiger partial charge is 0.446 e. The van der Waals surface area contributed by atoms with E-state index in [1.54, 1.807) is 11.1 Å². The molecule has 0 saturated heterocycles. The molecule has 1 amide bonds. The van der Waals surface area contributed by atoms with Gasteiger partial charge in [0.15, 0.2) is 0 Å². The molecule has 0 aromatic carbocycles. The van der Waals surface area contributed by atoms with Crippen LogP contribution in [0.15, 0.2) is 30.6 Å². The number of carbonyl (C=O) groups excluding carboxylic acids is 1. The van der Waals surface area contributed by atoms with Gasteiger partial charge in [-0.2, -0.15) is 0 Å². The molecule has 1 unspecified atom stereocenters. The van der Waals surface area contributed by atoms with Gasteiger partial charge >= 0.3 is 6.09 Å². The summed E-state index contributed by atoms with van der Waals surface area (Å²) < 4.78 is 5.38. The summed E-state index contributed by atoms with van der Waals surface area (Å²) in [5, 5.41) is 1.13. The molecule has 116 valence electrons. The van der Waals surface area contributed by atoms with E-state index in [9.17, 15) is 4.79 Å². The fraction of sp³-hybridized carbons (Fsp3) is 0.412. The minimum Gasteiger partial charge on any atom is -0.446 e. The maximum absolute atomic E-state index is 12.0. The molecule has 3 heterocycles. The lowest BCUT2D eigenvalue weighted by atomic mass is 10.00. The van der Waals surface area contributed by atoms with Crippen molar-refractivity contribution in [2.45, 2.75) is 32.8 Å². The van der Waals surface area contributed by atoms with Crippen LogP contribution in [0.2, 0.25) is 0 Å². The van der Waals surface area contributed by atoms with E-state index in [-0.39, 0.29) is 12.2 Å². The molecular formula is C17H21N3O2. The van der Waals surface area contributed by atoms with Crippen LogP contribution in [0.5, 0.6) is 0 Å². The number of pyridine rings is 1. The number of fused-ring (bicyclic) bond motifs is 1. The molecule has 1 aliphatic heterocycles. The highest BCUT2D eigenvalue weighted by Gasteiger charge is 2.21. The number of aromatic nitrogens is 2. The van der Waals surface area contributed by atoms with Crippen LogP contribution in [-0.2, 0) is 4.74 Å². The Morgan fingerprint density at radius 3 is 3.14 bits per heavy atom. The maximum atomic E-state index is 12.0. The Morgan fingerprint density at radius 1 is 1.55 bits per heavy atom. The molecule has 1 N–H and O–H groups in total. The highest BCUT2D eigenvalue weighted by Crippen LogP contribution is 2.28. The molecule has 5 nitrogen and oxygen atoms in total. The first-order valence-electron chi connectivity index (χ1n) is 7.76. The van der Waals surface area contributed by atoms with Gasteiger partial charge in [0.1, 0.15) is 11.8 Å². The molecule has 5 heteroatoms. The summed E-state index contributed by atoms with van der Waals surface area (Å²) in [5.74, 6) is 0. The average molecular weight is 299 g/mol. The third-order valence-corrected chi connectivity index (χ3v) is 4.14. The van der Waals surface area contributed by atoms with Crippen molar-refractivity contribution in [3.05, 3.63) is 36.2 Å². The van der Waals surface area contributed by atoms with Crippen molar-refractivity contribution in [1.82, 2.24) is 14.9 Å². The number of aromatic amines is 1. The third-order valence-electron chi connectivity index (χ3n) is 4.14. The fourth-order valence-electron chi connectivity index (χ4n) is 2.63. The fourth-order valence-corrected chi connectivity index (χ4v) is 2.63. The summed E-state index contributed by atoms with van der Waals surface area (Å²) in [7, 11) is 0. The Morgan fingerprint density at radius 2 is 2.41 bits per heavy atom. The van der Waals surface area contributed by atoms with Gasteiger partial charge in [-0.25, -0.2) is 9.78 Å². The number of ether oxygens (including phenoxy) is 1. The van der Waals surface area contributed by atoms with Gasteiger partial charge < -0.3 is 14.6 Å². The standard InChI is InChI=1S/C17H21N3O2/c1-3-12(2)22-17(21)20-9-6-13(7-10-20)15-11-19-16-14(15)5-4-8-18-16/h4-6,8,11-12H,3,7,9-10H2,1-2H3,(H,18,19).